The number of anilines is 1. The highest BCUT2D eigenvalue weighted by molar-refractivity contribution is 7.92. The third-order valence-electron chi connectivity index (χ3n) is 9.02. The van der Waals surface area contributed by atoms with Crippen LogP contribution in [0.4, 0.5) is 14.5 Å². The lowest BCUT2D eigenvalue weighted by atomic mass is 9.96. The summed E-state index contributed by atoms with van der Waals surface area (Å²) in [4.78, 5) is 17.9. The number of sulfonamides is 1. The summed E-state index contributed by atoms with van der Waals surface area (Å²) >= 11 is 0. The number of rotatable bonds is 8. The summed E-state index contributed by atoms with van der Waals surface area (Å²) in [5.74, 6) is -1.19. The summed E-state index contributed by atoms with van der Waals surface area (Å²) in [5.41, 5.74) is 4.92. The number of carbonyl (C=O) groups excluding carboxylic acids is 1. The van der Waals surface area contributed by atoms with E-state index in [0.717, 1.165) is 16.1 Å². The highest BCUT2D eigenvalue weighted by atomic mass is 32.2. The fraction of sp³-hybridized carbons (Fsp3) is 0.0750. The fourth-order valence-electron chi connectivity index (χ4n) is 6.28. The predicted molar refractivity (Wildman–Crippen MR) is 199 cm³/mol. The summed E-state index contributed by atoms with van der Waals surface area (Å²) in [6.45, 7) is 0. The number of para-hydroxylation sites is 1. The molecule has 0 aliphatic heterocycles. The second-order valence-electron chi connectivity index (χ2n) is 12.3. The minimum atomic E-state index is -3.81. The molecule has 264 valence electrons. The van der Waals surface area contributed by atoms with E-state index in [4.69, 9.17) is 13.9 Å². The number of hydrogen-bond acceptors (Lipinski definition) is 7. The maximum absolute atomic E-state index is 14.9. The summed E-state index contributed by atoms with van der Waals surface area (Å²) in [5, 5.41) is 7.85. The summed E-state index contributed by atoms with van der Waals surface area (Å²) in [6, 6.07) is 30.0. The van der Waals surface area contributed by atoms with E-state index in [1.54, 1.807) is 47.3 Å². The number of furan rings is 1. The number of nitrogens with zero attached hydrogens (tertiary/aromatic N) is 4. The number of amides is 1. The summed E-state index contributed by atoms with van der Waals surface area (Å²) < 4.78 is 69.9. The van der Waals surface area contributed by atoms with E-state index in [1.165, 1.54) is 50.5 Å². The van der Waals surface area contributed by atoms with Crippen LogP contribution in [-0.4, -0.2) is 49.4 Å². The first-order chi connectivity index (χ1) is 25.5. The van der Waals surface area contributed by atoms with Crippen molar-refractivity contribution >= 4 is 43.7 Å². The topological polar surface area (TPSA) is 123 Å². The van der Waals surface area contributed by atoms with Crippen LogP contribution in [0.2, 0.25) is 0 Å². The van der Waals surface area contributed by atoms with Gasteiger partial charge in [-0.3, -0.25) is 9.10 Å². The van der Waals surface area contributed by atoms with Crippen molar-refractivity contribution in [2.75, 3.05) is 24.7 Å². The van der Waals surface area contributed by atoms with E-state index in [9.17, 15) is 22.0 Å². The van der Waals surface area contributed by atoms with Crippen molar-refractivity contribution in [3.05, 3.63) is 133 Å². The normalized spacial score (nSPS) is 11.7. The Morgan fingerprint density at radius 3 is 2.28 bits per heavy atom. The van der Waals surface area contributed by atoms with Crippen LogP contribution in [-0.2, 0) is 10.0 Å². The van der Waals surface area contributed by atoms with Gasteiger partial charge in [0.2, 0.25) is 15.9 Å². The maximum atomic E-state index is 14.9. The number of fused-ring (bicyclic) bond motifs is 2. The van der Waals surface area contributed by atoms with Crippen LogP contribution in [0, 0.1) is 11.6 Å². The molecule has 0 fully saturated rings. The Morgan fingerprint density at radius 2 is 1.57 bits per heavy atom. The first kappa shape index (κ1) is 33.5. The molecule has 0 unspecified atom stereocenters. The lowest BCUT2D eigenvalue weighted by molar-refractivity contribution is 0.0964. The molecule has 8 aromatic rings. The Labute approximate surface area is 302 Å². The van der Waals surface area contributed by atoms with Crippen molar-refractivity contribution in [2.24, 2.45) is 0 Å². The van der Waals surface area contributed by atoms with E-state index in [2.05, 4.69) is 10.3 Å². The number of aromatic nitrogens is 3. The Hall–Kier alpha value is -6.60. The minimum absolute atomic E-state index is 0.0464. The molecule has 0 radical (unpaired) electrons. The zero-order valence-electron chi connectivity index (χ0n) is 28.5. The molecular weight excluding hydrogens is 701 g/mol. The Bertz CT molecular complexity index is 2810. The number of carbonyl (C=O) groups is 1. The quantitative estimate of drug-likeness (QED) is 0.167. The first-order valence-electron chi connectivity index (χ1n) is 16.3. The van der Waals surface area contributed by atoms with Gasteiger partial charge in [0.15, 0.2) is 11.4 Å². The second kappa shape index (κ2) is 12.9. The molecular formula is C40H29F2N5O5S. The van der Waals surface area contributed by atoms with E-state index >= 15 is 0 Å². The van der Waals surface area contributed by atoms with Gasteiger partial charge in [0, 0.05) is 48.4 Å². The zero-order chi connectivity index (χ0) is 37.0. The van der Waals surface area contributed by atoms with Crippen molar-refractivity contribution in [2.45, 2.75) is 0 Å². The van der Waals surface area contributed by atoms with E-state index in [-0.39, 0.29) is 39.6 Å². The third kappa shape index (κ3) is 6.00. The highest BCUT2D eigenvalue weighted by Crippen LogP contribution is 2.43. The minimum Gasteiger partial charge on any atom is -0.455 e. The molecule has 0 aliphatic rings. The fourth-order valence-corrected chi connectivity index (χ4v) is 6.79. The smallest absolute Gasteiger partial charge is 0.255 e. The molecule has 8 rings (SSSR count). The van der Waals surface area contributed by atoms with Crippen LogP contribution in [0.1, 0.15) is 10.4 Å². The number of halogens is 2. The first-order valence-corrected chi connectivity index (χ1v) is 18.2. The van der Waals surface area contributed by atoms with Gasteiger partial charge in [-0.2, -0.15) is 5.10 Å². The van der Waals surface area contributed by atoms with Crippen LogP contribution in [0.3, 0.4) is 0 Å². The molecule has 0 saturated carbocycles. The van der Waals surface area contributed by atoms with Gasteiger partial charge in [-0.15, -0.1) is 0 Å². The van der Waals surface area contributed by atoms with Gasteiger partial charge in [0.05, 0.1) is 34.5 Å². The van der Waals surface area contributed by atoms with Crippen LogP contribution in [0.25, 0.3) is 72.9 Å². The second-order valence-corrected chi connectivity index (χ2v) is 14.4. The van der Waals surface area contributed by atoms with Crippen LogP contribution >= 0.6 is 0 Å². The van der Waals surface area contributed by atoms with Crippen molar-refractivity contribution in [3.8, 4) is 50.8 Å². The maximum Gasteiger partial charge on any atom is 0.255 e. The van der Waals surface area contributed by atoms with Crippen molar-refractivity contribution in [3.63, 3.8) is 0 Å². The number of oxazole rings is 1. The molecule has 0 atom stereocenters. The zero-order valence-corrected chi connectivity index (χ0v) is 29.3. The Balaban J connectivity index is 1.39. The number of hydrogen-bond donors (Lipinski definition) is 1. The number of nitrogens with one attached hydrogen (secondary N) is 1. The summed E-state index contributed by atoms with van der Waals surface area (Å²) in [6.07, 6.45) is 2.86. The molecule has 0 saturated heterocycles. The van der Waals surface area contributed by atoms with Gasteiger partial charge in [-0.1, -0.05) is 42.5 Å². The highest BCUT2D eigenvalue weighted by Gasteiger charge is 2.27. The molecule has 3 heterocycles. The van der Waals surface area contributed by atoms with Crippen molar-refractivity contribution < 1.29 is 30.8 Å². The van der Waals surface area contributed by atoms with Crippen LogP contribution in [0.15, 0.2) is 124 Å². The molecule has 1 amide bonds. The lowest BCUT2D eigenvalue weighted by Crippen LogP contribution is -2.25. The van der Waals surface area contributed by atoms with Gasteiger partial charge < -0.3 is 14.2 Å². The molecule has 0 bridgehead atoms. The van der Waals surface area contributed by atoms with Gasteiger partial charge in [-0.25, -0.2) is 26.9 Å². The molecule has 1 N–H and O–H groups in total. The third-order valence-corrected chi connectivity index (χ3v) is 10.2. The van der Waals surface area contributed by atoms with Crippen LogP contribution in [0.5, 0.6) is 0 Å². The van der Waals surface area contributed by atoms with Crippen molar-refractivity contribution in [1.29, 1.82) is 0 Å². The Morgan fingerprint density at radius 1 is 0.811 bits per heavy atom. The molecule has 3 aromatic heterocycles. The van der Waals surface area contributed by atoms with Gasteiger partial charge in [0.25, 0.3) is 5.91 Å². The molecule has 53 heavy (non-hydrogen) atoms. The predicted octanol–water partition coefficient (Wildman–Crippen LogP) is 8.46. The van der Waals surface area contributed by atoms with Gasteiger partial charge in [0.1, 0.15) is 22.7 Å². The molecule has 13 heteroatoms. The van der Waals surface area contributed by atoms with E-state index < -0.39 is 27.6 Å². The number of benzene rings is 5. The van der Waals surface area contributed by atoms with Crippen LogP contribution < -0.4 is 9.62 Å². The molecule has 10 nitrogen and oxygen atoms in total. The summed E-state index contributed by atoms with van der Waals surface area (Å²) in [7, 11) is -0.916. The van der Waals surface area contributed by atoms with Gasteiger partial charge >= 0.3 is 0 Å². The average Bonchev–Trinajstić information content (AvgIpc) is 3.92. The SMILES string of the molecule is CNC(=O)c1c(-c2ccc(F)cc2)oc2cc(N(C)S(C)(=O)=O)c(-c3ccc(-n4ccc(-c5ccccc5)n4)c(-c4nc5c(F)cccc5o4)c3)cc12. The lowest BCUT2D eigenvalue weighted by Gasteiger charge is -2.21. The molecule has 5 aromatic carbocycles. The van der Waals surface area contributed by atoms with Crippen molar-refractivity contribution in [1.82, 2.24) is 20.1 Å². The Kier molecular flexibility index (Phi) is 8.14. The van der Waals surface area contributed by atoms with E-state index in [0.29, 0.717) is 39.0 Å². The molecule has 0 spiro atoms. The van der Waals surface area contributed by atoms with Gasteiger partial charge in [-0.05, 0) is 66.2 Å². The average molecular weight is 730 g/mol. The molecule has 0 aliphatic carbocycles. The monoisotopic (exact) mass is 729 g/mol. The van der Waals surface area contributed by atoms with E-state index in [1.807, 2.05) is 36.4 Å². The standard InChI is InChI=1S/C40H29F2N5O5S/c1-43-39(48)36-29-21-27(33(46(2)53(3,49)50)22-35(29)51-38(36)24-12-15-26(41)16-13-24)25-14-17-32(47-19-18-31(45-47)23-8-5-4-6-9-23)28(20-25)40-44-37-30(42)10-7-11-34(37)52-40/h4-22H,1-3H3,(H,43,48). The largest absolute Gasteiger partial charge is 0.455 e.